The van der Waals surface area contributed by atoms with Crippen molar-refractivity contribution in [2.75, 3.05) is 6.54 Å². The highest BCUT2D eigenvalue weighted by molar-refractivity contribution is 5.45. The second-order valence-corrected chi connectivity index (χ2v) is 5.49. The number of nitrogens with one attached hydrogen (secondary N) is 1. The summed E-state index contributed by atoms with van der Waals surface area (Å²) in [5, 5.41) is 3.56. The van der Waals surface area contributed by atoms with E-state index in [1.54, 1.807) is 0 Å². The van der Waals surface area contributed by atoms with Gasteiger partial charge in [-0.05, 0) is 61.9 Å². The van der Waals surface area contributed by atoms with E-state index in [1.807, 2.05) is 0 Å². The van der Waals surface area contributed by atoms with Crippen molar-refractivity contribution >= 4 is 0 Å². The molecule has 0 aliphatic heterocycles. The van der Waals surface area contributed by atoms with E-state index in [2.05, 4.69) is 42.6 Å². The van der Waals surface area contributed by atoms with Crippen LogP contribution in [0.15, 0.2) is 30.4 Å². The van der Waals surface area contributed by atoms with Crippen molar-refractivity contribution < 1.29 is 4.74 Å². The molecule has 0 saturated carbocycles. The van der Waals surface area contributed by atoms with Gasteiger partial charge in [0.05, 0.1) is 0 Å². The van der Waals surface area contributed by atoms with E-state index >= 15 is 0 Å². The molecule has 1 N–H and O–H groups in total. The van der Waals surface area contributed by atoms with Crippen molar-refractivity contribution in [3.8, 4) is 5.75 Å². The number of fused-ring (bicyclic) bond motifs is 1. The topological polar surface area (TPSA) is 21.3 Å². The quantitative estimate of drug-likeness (QED) is 0.829. The predicted molar refractivity (Wildman–Crippen MR) is 78.6 cm³/mol. The summed E-state index contributed by atoms with van der Waals surface area (Å²) in [6.07, 6.45) is 10.7. The van der Waals surface area contributed by atoms with Crippen LogP contribution in [0.2, 0.25) is 0 Å². The van der Waals surface area contributed by atoms with E-state index in [4.69, 9.17) is 4.74 Å². The summed E-state index contributed by atoms with van der Waals surface area (Å²) in [5.74, 6) is 1.11. The van der Waals surface area contributed by atoms with Crippen LogP contribution in [0.3, 0.4) is 0 Å². The summed E-state index contributed by atoms with van der Waals surface area (Å²) in [5.41, 5.74) is 2.87. The summed E-state index contributed by atoms with van der Waals surface area (Å²) >= 11 is 0. The lowest BCUT2D eigenvalue weighted by molar-refractivity contribution is 0.228. The Morgan fingerprint density at radius 1 is 1.32 bits per heavy atom. The SMILES string of the molecule is CCNC1CCc2c(OC3C=CCCC3)cccc21. The van der Waals surface area contributed by atoms with E-state index in [0.29, 0.717) is 6.04 Å². The Hall–Kier alpha value is -1.28. The molecule has 3 rings (SSSR count). The van der Waals surface area contributed by atoms with E-state index < -0.39 is 0 Å². The molecule has 0 bridgehead atoms. The van der Waals surface area contributed by atoms with Gasteiger partial charge in [-0.3, -0.25) is 0 Å². The summed E-state index contributed by atoms with van der Waals surface area (Å²) < 4.78 is 6.21. The molecule has 0 saturated heterocycles. The average Bonchev–Trinajstić information content (AvgIpc) is 2.85. The Morgan fingerprint density at radius 3 is 3.05 bits per heavy atom. The minimum absolute atomic E-state index is 0.276. The molecule has 19 heavy (non-hydrogen) atoms. The third-order valence-electron chi connectivity index (χ3n) is 4.17. The average molecular weight is 257 g/mol. The number of hydrogen-bond acceptors (Lipinski definition) is 2. The minimum Gasteiger partial charge on any atom is -0.486 e. The van der Waals surface area contributed by atoms with E-state index in [-0.39, 0.29) is 6.10 Å². The van der Waals surface area contributed by atoms with E-state index in [0.717, 1.165) is 25.1 Å². The van der Waals surface area contributed by atoms with Gasteiger partial charge < -0.3 is 10.1 Å². The Labute approximate surface area is 115 Å². The molecule has 2 aliphatic carbocycles. The summed E-state index contributed by atoms with van der Waals surface area (Å²) in [6.45, 7) is 3.20. The molecule has 1 aromatic rings. The van der Waals surface area contributed by atoms with Crippen LogP contribution in [-0.2, 0) is 6.42 Å². The van der Waals surface area contributed by atoms with Gasteiger partial charge in [0, 0.05) is 6.04 Å². The van der Waals surface area contributed by atoms with Crippen molar-refractivity contribution in [3.05, 3.63) is 41.5 Å². The first-order chi connectivity index (χ1) is 9.38. The van der Waals surface area contributed by atoms with Gasteiger partial charge in [0.1, 0.15) is 11.9 Å². The second-order valence-electron chi connectivity index (χ2n) is 5.49. The molecule has 0 heterocycles. The molecular weight excluding hydrogens is 234 g/mol. The smallest absolute Gasteiger partial charge is 0.123 e. The molecule has 2 unspecified atom stereocenters. The number of ether oxygens (including phenoxy) is 1. The van der Waals surface area contributed by atoms with Crippen molar-refractivity contribution in [2.24, 2.45) is 0 Å². The molecule has 1 aromatic carbocycles. The number of benzene rings is 1. The van der Waals surface area contributed by atoms with Gasteiger partial charge >= 0.3 is 0 Å². The highest BCUT2D eigenvalue weighted by Gasteiger charge is 2.25. The molecule has 0 amide bonds. The first kappa shape index (κ1) is 12.7. The molecular formula is C17H23NO. The fourth-order valence-electron chi connectivity index (χ4n) is 3.23. The predicted octanol–water partition coefficient (Wildman–Crippen LogP) is 3.77. The maximum absolute atomic E-state index is 6.21. The van der Waals surface area contributed by atoms with Crippen LogP contribution in [0.1, 0.15) is 49.8 Å². The van der Waals surface area contributed by atoms with Gasteiger partial charge in [0.2, 0.25) is 0 Å². The standard InChI is InChI=1S/C17H23NO/c1-2-18-16-12-11-15-14(16)9-6-10-17(15)19-13-7-4-3-5-8-13/h4,6-7,9-10,13,16,18H,2-3,5,8,11-12H2,1H3. The molecule has 2 atom stereocenters. The molecule has 102 valence electrons. The maximum Gasteiger partial charge on any atom is 0.123 e. The summed E-state index contributed by atoms with van der Waals surface area (Å²) in [4.78, 5) is 0. The Morgan fingerprint density at radius 2 is 2.26 bits per heavy atom. The van der Waals surface area contributed by atoms with Crippen LogP contribution in [0.5, 0.6) is 5.75 Å². The van der Waals surface area contributed by atoms with Gasteiger partial charge in [-0.2, -0.15) is 0 Å². The third-order valence-corrected chi connectivity index (χ3v) is 4.17. The summed E-state index contributed by atoms with van der Waals surface area (Å²) in [6, 6.07) is 7.04. The lowest BCUT2D eigenvalue weighted by Gasteiger charge is -2.20. The molecule has 0 spiro atoms. The van der Waals surface area contributed by atoms with Crippen LogP contribution < -0.4 is 10.1 Å². The molecule has 2 heteroatoms. The summed E-state index contributed by atoms with van der Waals surface area (Å²) in [7, 11) is 0. The van der Waals surface area contributed by atoms with Crippen LogP contribution in [-0.4, -0.2) is 12.6 Å². The number of allylic oxidation sites excluding steroid dienone is 1. The van der Waals surface area contributed by atoms with Crippen LogP contribution in [0, 0.1) is 0 Å². The number of rotatable bonds is 4. The van der Waals surface area contributed by atoms with E-state index in [1.165, 1.54) is 30.4 Å². The molecule has 0 fully saturated rings. The van der Waals surface area contributed by atoms with Crippen molar-refractivity contribution in [1.29, 1.82) is 0 Å². The molecule has 0 radical (unpaired) electrons. The molecule has 2 aliphatic rings. The first-order valence-electron chi connectivity index (χ1n) is 7.57. The van der Waals surface area contributed by atoms with Gasteiger partial charge in [0.25, 0.3) is 0 Å². The Balaban J connectivity index is 1.79. The van der Waals surface area contributed by atoms with Crippen molar-refractivity contribution in [1.82, 2.24) is 5.32 Å². The van der Waals surface area contributed by atoms with Gasteiger partial charge in [-0.1, -0.05) is 25.1 Å². The number of hydrogen-bond donors (Lipinski definition) is 1. The zero-order valence-corrected chi connectivity index (χ0v) is 11.7. The zero-order chi connectivity index (χ0) is 13.1. The molecule has 0 aromatic heterocycles. The second kappa shape index (κ2) is 5.79. The van der Waals surface area contributed by atoms with Crippen molar-refractivity contribution in [3.63, 3.8) is 0 Å². The van der Waals surface area contributed by atoms with E-state index in [9.17, 15) is 0 Å². The fraction of sp³-hybridized carbons (Fsp3) is 0.529. The largest absolute Gasteiger partial charge is 0.486 e. The highest BCUT2D eigenvalue weighted by Crippen LogP contribution is 2.37. The third kappa shape index (κ3) is 2.69. The zero-order valence-electron chi connectivity index (χ0n) is 11.7. The lowest BCUT2D eigenvalue weighted by atomic mass is 10.0. The normalized spacial score (nSPS) is 25.3. The van der Waals surface area contributed by atoms with Gasteiger partial charge in [-0.15, -0.1) is 0 Å². The fourth-order valence-corrected chi connectivity index (χ4v) is 3.23. The van der Waals surface area contributed by atoms with Crippen LogP contribution >= 0.6 is 0 Å². The van der Waals surface area contributed by atoms with Gasteiger partial charge in [-0.25, -0.2) is 0 Å². The van der Waals surface area contributed by atoms with Gasteiger partial charge in [0.15, 0.2) is 0 Å². The monoisotopic (exact) mass is 257 g/mol. The Kier molecular flexibility index (Phi) is 3.88. The maximum atomic E-state index is 6.21. The molecule has 2 nitrogen and oxygen atoms in total. The van der Waals surface area contributed by atoms with Crippen molar-refractivity contribution in [2.45, 2.75) is 51.2 Å². The minimum atomic E-state index is 0.276. The highest BCUT2D eigenvalue weighted by atomic mass is 16.5. The first-order valence-corrected chi connectivity index (χ1v) is 7.57. The van der Waals surface area contributed by atoms with Crippen LogP contribution in [0.4, 0.5) is 0 Å². The Bertz CT molecular complexity index is 466. The lowest BCUT2D eigenvalue weighted by Crippen LogP contribution is -2.18. The van der Waals surface area contributed by atoms with Crippen LogP contribution in [0.25, 0.3) is 0 Å².